The van der Waals surface area contributed by atoms with Gasteiger partial charge in [-0.05, 0) is 78.9 Å². The molecule has 6 rings (SSSR count). The fraction of sp³-hybridized carbons (Fsp3) is 0.212. The Morgan fingerprint density at radius 3 is 2.38 bits per heavy atom. The molecule has 1 aliphatic rings. The molecular weight excluding hydrogens is 543 g/mol. The highest BCUT2D eigenvalue weighted by Gasteiger charge is 2.36. The number of aromatic nitrogens is 1. The Hall–Kier alpha value is -4.63. The Bertz CT molecular complexity index is 1940. The number of hydrogen-bond acceptors (Lipinski definition) is 3. The molecule has 0 saturated carbocycles. The van der Waals surface area contributed by atoms with Crippen LogP contribution in [0.15, 0.2) is 66.7 Å². The van der Waals surface area contributed by atoms with Crippen molar-refractivity contribution in [3.8, 4) is 11.1 Å². The lowest BCUT2D eigenvalue weighted by molar-refractivity contribution is -0.137. The van der Waals surface area contributed by atoms with Gasteiger partial charge in [-0.3, -0.25) is 9.59 Å². The predicted molar refractivity (Wildman–Crippen MR) is 156 cm³/mol. The van der Waals surface area contributed by atoms with E-state index in [0.717, 1.165) is 50.7 Å². The van der Waals surface area contributed by atoms with Gasteiger partial charge in [0, 0.05) is 34.6 Å². The quantitative estimate of drug-likeness (QED) is 0.230. The van der Waals surface area contributed by atoms with Gasteiger partial charge in [0.05, 0.1) is 28.8 Å². The Kier molecular flexibility index (Phi) is 6.20. The highest BCUT2D eigenvalue weighted by Crippen LogP contribution is 2.42. The third-order valence-electron chi connectivity index (χ3n) is 8.35. The number of aromatic amines is 1. The van der Waals surface area contributed by atoms with E-state index in [9.17, 15) is 22.8 Å². The first-order chi connectivity index (χ1) is 19.8. The second kappa shape index (κ2) is 9.46. The summed E-state index contributed by atoms with van der Waals surface area (Å²) in [5, 5.41) is 1.68. The lowest BCUT2D eigenvalue weighted by Crippen LogP contribution is -2.24. The molecule has 0 bridgehead atoms. The van der Waals surface area contributed by atoms with E-state index in [1.165, 1.54) is 11.0 Å². The molecule has 3 N–H and O–H groups in total. The number of carbonyl (C=O) groups is 2. The number of nitrogens with one attached hydrogen (secondary N) is 1. The molecule has 0 fully saturated rings. The highest BCUT2D eigenvalue weighted by atomic mass is 19.4. The van der Waals surface area contributed by atoms with Gasteiger partial charge in [0.1, 0.15) is 0 Å². The van der Waals surface area contributed by atoms with Crippen molar-refractivity contribution in [1.29, 1.82) is 0 Å². The first-order valence-electron chi connectivity index (χ1n) is 13.4. The molecule has 214 valence electrons. The molecule has 0 radical (unpaired) electrons. The van der Waals surface area contributed by atoms with E-state index in [1.807, 2.05) is 57.2 Å². The second-order valence-corrected chi connectivity index (χ2v) is 11.1. The summed E-state index contributed by atoms with van der Waals surface area (Å²) >= 11 is 0. The number of alkyl halides is 3. The summed E-state index contributed by atoms with van der Waals surface area (Å²) in [5.74, 6) is -1.05. The number of anilines is 1. The van der Waals surface area contributed by atoms with Gasteiger partial charge in [-0.2, -0.15) is 13.2 Å². The van der Waals surface area contributed by atoms with Crippen LogP contribution in [0, 0.1) is 6.92 Å². The number of ether oxygens (including phenoxy) is 1. The third-order valence-corrected chi connectivity index (χ3v) is 8.35. The number of carbonyl (C=O) groups excluding carboxylic acids is 2. The van der Waals surface area contributed by atoms with Crippen LogP contribution in [0.2, 0.25) is 0 Å². The number of H-pyrrole nitrogens is 1. The standard InChI is InChI=1S/C33H28F3N3O3/c1-17-21(6-5-7-27(17)39-16-18-8-9-20(33(34,35)36)14-25(18)31(39)41)22-12-13-24(30(37)40)29-28(22)23-11-10-19(15-26(23)38-29)32(2,3)42-4/h5-15,38H,16H2,1-4H3,(H2,37,40). The summed E-state index contributed by atoms with van der Waals surface area (Å²) in [7, 11) is 1.65. The first kappa shape index (κ1) is 27.5. The zero-order valence-electron chi connectivity index (χ0n) is 23.4. The second-order valence-electron chi connectivity index (χ2n) is 11.1. The summed E-state index contributed by atoms with van der Waals surface area (Å²) in [6, 6.07) is 18.3. The molecule has 0 aliphatic carbocycles. The van der Waals surface area contributed by atoms with Crippen LogP contribution in [0.3, 0.4) is 0 Å². The first-order valence-corrected chi connectivity index (χ1v) is 13.4. The van der Waals surface area contributed by atoms with E-state index >= 15 is 0 Å². The molecule has 9 heteroatoms. The Balaban J connectivity index is 1.51. The average molecular weight is 572 g/mol. The van der Waals surface area contributed by atoms with Gasteiger partial charge in [-0.25, -0.2) is 0 Å². The highest BCUT2D eigenvalue weighted by molar-refractivity contribution is 6.20. The maximum absolute atomic E-state index is 13.4. The predicted octanol–water partition coefficient (Wildman–Crippen LogP) is 7.46. The fourth-order valence-corrected chi connectivity index (χ4v) is 5.81. The minimum Gasteiger partial charge on any atom is -0.374 e. The number of hydrogen-bond donors (Lipinski definition) is 2. The summed E-state index contributed by atoms with van der Waals surface area (Å²) in [4.78, 5) is 30.7. The molecule has 4 aromatic carbocycles. The molecule has 6 nitrogen and oxygen atoms in total. The van der Waals surface area contributed by atoms with Crippen LogP contribution >= 0.6 is 0 Å². The number of fused-ring (bicyclic) bond motifs is 4. The Labute approximate surface area is 239 Å². The summed E-state index contributed by atoms with van der Waals surface area (Å²) < 4.78 is 45.7. The van der Waals surface area contributed by atoms with Crippen LogP contribution in [-0.2, 0) is 23.1 Å². The SMILES string of the molecule is COC(C)(C)c1ccc2c(c1)[nH]c1c(C(N)=O)ccc(-c3cccc(N4Cc5ccc(C(F)(F)F)cc5C4=O)c3C)c12. The van der Waals surface area contributed by atoms with Crippen molar-refractivity contribution in [2.45, 2.75) is 39.1 Å². The van der Waals surface area contributed by atoms with Crippen molar-refractivity contribution in [3.63, 3.8) is 0 Å². The maximum atomic E-state index is 13.4. The third kappa shape index (κ3) is 4.23. The number of nitrogens with zero attached hydrogens (tertiary/aromatic N) is 1. The number of halogens is 3. The minimum absolute atomic E-state index is 0.0502. The van der Waals surface area contributed by atoms with Crippen molar-refractivity contribution in [2.75, 3.05) is 12.0 Å². The van der Waals surface area contributed by atoms with Gasteiger partial charge in [0.2, 0.25) is 0 Å². The van der Waals surface area contributed by atoms with E-state index < -0.39 is 29.2 Å². The molecule has 0 saturated heterocycles. The van der Waals surface area contributed by atoms with Gasteiger partial charge in [-0.15, -0.1) is 0 Å². The topological polar surface area (TPSA) is 88.4 Å². The lowest BCUT2D eigenvalue weighted by atomic mass is 9.92. The van der Waals surface area contributed by atoms with Crippen LogP contribution in [0.5, 0.6) is 0 Å². The molecule has 0 atom stereocenters. The number of benzene rings is 4. The fourth-order valence-electron chi connectivity index (χ4n) is 5.81. The molecule has 42 heavy (non-hydrogen) atoms. The molecule has 2 amide bonds. The maximum Gasteiger partial charge on any atom is 0.416 e. The number of rotatable bonds is 5. The van der Waals surface area contributed by atoms with Crippen LogP contribution in [0.4, 0.5) is 18.9 Å². The van der Waals surface area contributed by atoms with Crippen LogP contribution in [-0.4, -0.2) is 23.9 Å². The van der Waals surface area contributed by atoms with Crippen LogP contribution in [0.25, 0.3) is 32.9 Å². The van der Waals surface area contributed by atoms with Crippen molar-refractivity contribution in [1.82, 2.24) is 4.98 Å². The molecule has 1 aliphatic heterocycles. The van der Waals surface area contributed by atoms with Gasteiger partial charge in [0.15, 0.2) is 0 Å². The largest absolute Gasteiger partial charge is 0.416 e. The van der Waals surface area contributed by atoms with Gasteiger partial charge < -0.3 is 20.4 Å². The lowest BCUT2D eigenvalue weighted by Gasteiger charge is -2.23. The van der Waals surface area contributed by atoms with Crippen molar-refractivity contribution in [2.24, 2.45) is 5.73 Å². The van der Waals surface area contributed by atoms with Crippen LogP contribution in [0.1, 0.15) is 56.8 Å². The number of methoxy groups -OCH3 is 1. The van der Waals surface area contributed by atoms with Crippen molar-refractivity contribution in [3.05, 3.63) is 100 Å². The monoisotopic (exact) mass is 571 g/mol. The smallest absolute Gasteiger partial charge is 0.374 e. The van der Waals surface area contributed by atoms with Gasteiger partial charge in [0.25, 0.3) is 11.8 Å². The van der Waals surface area contributed by atoms with E-state index in [2.05, 4.69) is 4.98 Å². The van der Waals surface area contributed by atoms with Crippen molar-refractivity contribution >= 4 is 39.3 Å². The Morgan fingerprint density at radius 1 is 0.952 bits per heavy atom. The molecule has 2 heterocycles. The van der Waals surface area contributed by atoms with E-state index in [4.69, 9.17) is 10.5 Å². The van der Waals surface area contributed by atoms with Gasteiger partial charge in [-0.1, -0.05) is 36.4 Å². The molecule has 0 unspecified atom stereocenters. The molecule has 0 spiro atoms. The number of nitrogens with two attached hydrogens (primary N) is 1. The average Bonchev–Trinajstić information content (AvgIpc) is 3.49. The zero-order valence-corrected chi connectivity index (χ0v) is 23.4. The molecule has 5 aromatic rings. The minimum atomic E-state index is -4.54. The molecule has 1 aromatic heterocycles. The van der Waals surface area contributed by atoms with Crippen LogP contribution < -0.4 is 10.6 Å². The van der Waals surface area contributed by atoms with E-state index in [-0.39, 0.29) is 12.1 Å². The summed E-state index contributed by atoms with van der Waals surface area (Å²) in [5.41, 5.74) is 10.7. The Morgan fingerprint density at radius 2 is 1.69 bits per heavy atom. The number of primary amides is 1. The van der Waals surface area contributed by atoms with Gasteiger partial charge >= 0.3 is 6.18 Å². The zero-order chi connectivity index (χ0) is 30.1. The number of amides is 2. The molecular formula is C33H28F3N3O3. The van der Waals surface area contributed by atoms with E-state index in [1.54, 1.807) is 19.2 Å². The normalized spacial score (nSPS) is 13.8. The summed E-state index contributed by atoms with van der Waals surface area (Å²) in [6.07, 6.45) is -4.54. The van der Waals surface area contributed by atoms with Crippen molar-refractivity contribution < 1.29 is 27.5 Å². The van der Waals surface area contributed by atoms with E-state index in [0.29, 0.717) is 22.3 Å². The summed E-state index contributed by atoms with van der Waals surface area (Å²) in [6.45, 7) is 5.98.